The molecular formula is C23H20ClNO4S. The first kappa shape index (κ1) is 21.7. The molecule has 0 aliphatic carbocycles. The Balaban J connectivity index is 1.66. The van der Waals surface area contributed by atoms with Crippen LogP contribution in [0.4, 0.5) is 5.69 Å². The summed E-state index contributed by atoms with van der Waals surface area (Å²) < 4.78 is 24.6. The topological polar surface area (TPSA) is 80.3 Å². The summed E-state index contributed by atoms with van der Waals surface area (Å²) in [5.41, 5.74) is 1.09. The Morgan fingerprint density at radius 2 is 1.50 bits per heavy atom. The number of rotatable bonds is 8. The summed E-state index contributed by atoms with van der Waals surface area (Å²) in [7, 11) is -3.44. The van der Waals surface area contributed by atoms with Crippen LogP contribution in [0.5, 0.6) is 0 Å². The molecule has 5 nitrogen and oxygen atoms in total. The molecule has 0 saturated carbocycles. The summed E-state index contributed by atoms with van der Waals surface area (Å²) in [5, 5.41) is 3.08. The van der Waals surface area contributed by atoms with Crippen molar-refractivity contribution in [3.63, 3.8) is 0 Å². The van der Waals surface area contributed by atoms with Crippen molar-refractivity contribution in [2.75, 3.05) is 11.1 Å². The molecule has 0 atom stereocenters. The predicted octanol–water partition coefficient (Wildman–Crippen LogP) is 4.76. The van der Waals surface area contributed by atoms with Gasteiger partial charge >= 0.3 is 0 Å². The lowest BCUT2D eigenvalue weighted by molar-refractivity contribution is -0.116. The van der Waals surface area contributed by atoms with E-state index in [1.165, 1.54) is 18.2 Å². The molecule has 154 valence electrons. The van der Waals surface area contributed by atoms with Crippen molar-refractivity contribution in [2.45, 2.75) is 17.7 Å². The van der Waals surface area contributed by atoms with Crippen molar-refractivity contribution < 1.29 is 18.0 Å². The Hall–Kier alpha value is -2.96. The number of sulfone groups is 1. The van der Waals surface area contributed by atoms with Crippen molar-refractivity contribution in [1.29, 1.82) is 0 Å². The number of ketones is 1. The van der Waals surface area contributed by atoms with Gasteiger partial charge in [-0.2, -0.15) is 0 Å². The standard InChI is InChI=1S/C23H20ClNO4S/c24-18-13-14-21(20(16-18)23(27)17-8-3-1-4-9-17)25-22(26)12-7-15-30(28,29)19-10-5-2-6-11-19/h1-6,8-11,13-14,16H,7,12,15H2,(H,25,26). The molecule has 0 spiro atoms. The van der Waals surface area contributed by atoms with Crippen LogP contribution in [0.1, 0.15) is 28.8 Å². The summed E-state index contributed by atoms with van der Waals surface area (Å²) in [6, 6.07) is 21.5. The molecule has 0 bridgehead atoms. The van der Waals surface area contributed by atoms with Gasteiger partial charge in [0.1, 0.15) is 0 Å². The molecule has 3 aromatic rings. The smallest absolute Gasteiger partial charge is 0.224 e. The van der Waals surface area contributed by atoms with Crippen LogP contribution in [0.15, 0.2) is 83.8 Å². The van der Waals surface area contributed by atoms with Gasteiger partial charge in [0, 0.05) is 22.6 Å². The summed E-state index contributed by atoms with van der Waals surface area (Å²) in [6.07, 6.45) is 0.173. The first-order valence-electron chi connectivity index (χ1n) is 9.34. The van der Waals surface area contributed by atoms with E-state index in [4.69, 9.17) is 11.6 Å². The average molecular weight is 442 g/mol. The maximum absolute atomic E-state index is 12.8. The number of carbonyl (C=O) groups is 2. The monoisotopic (exact) mass is 441 g/mol. The predicted molar refractivity (Wildman–Crippen MR) is 118 cm³/mol. The molecule has 0 aliphatic heterocycles. The molecule has 0 saturated heterocycles. The molecule has 0 unspecified atom stereocenters. The van der Waals surface area contributed by atoms with Gasteiger partial charge in [-0.15, -0.1) is 0 Å². The number of hydrogen-bond acceptors (Lipinski definition) is 4. The molecule has 0 aromatic heterocycles. The van der Waals surface area contributed by atoms with Crippen molar-refractivity contribution in [3.8, 4) is 0 Å². The maximum Gasteiger partial charge on any atom is 0.224 e. The van der Waals surface area contributed by atoms with Crippen LogP contribution in [-0.4, -0.2) is 25.9 Å². The lowest BCUT2D eigenvalue weighted by Crippen LogP contribution is -2.16. The van der Waals surface area contributed by atoms with E-state index in [-0.39, 0.29) is 40.7 Å². The third-order valence-electron chi connectivity index (χ3n) is 4.46. The fourth-order valence-electron chi connectivity index (χ4n) is 2.94. The molecule has 0 heterocycles. The van der Waals surface area contributed by atoms with Crippen LogP contribution < -0.4 is 5.32 Å². The molecule has 3 rings (SSSR count). The second-order valence-electron chi connectivity index (χ2n) is 6.67. The fourth-order valence-corrected chi connectivity index (χ4v) is 4.44. The molecule has 30 heavy (non-hydrogen) atoms. The average Bonchev–Trinajstić information content (AvgIpc) is 2.75. The van der Waals surface area contributed by atoms with Crippen LogP contribution in [0.25, 0.3) is 0 Å². The van der Waals surface area contributed by atoms with Crippen molar-refractivity contribution >= 4 is 38.8 Å². The summed E-state index contributed by atoms with van der Waals surface area (Å²) >= 11 is 6.05. The molecule has 0 aliphatic rings. The summed E-state index contributed by atoms with van der Waals surface area (Å²) in [6.45, 7) is 0. The minimum Gasteiger partial charge on any atom is -0.325 e. The third-order valence-corrected chi connectivity index (χ3v) is 6.51. The van der Waals surface area contributed by atoms with E-state index in [9.17, 15) is 18.0 Å². The molecule has 0 fully saturated rings. The van der Waals surface area contributed by atoms with Crippen LogP contribution >= 0.6 is 11.6 Å². The van der Waals surface area contributed by atoms with Gasteiger partial charge < -0.3 is 5.32 Å². The van der Waals surface area contributed by atoms with Gasteiger partial charge in [0.2, 0.25) is 5.91 Å². The first-order valence-corrected chi connectivity index (χ1v) is 11.4. The zero-order chi connectivity index (χ0) is 21.6. The van der Waals surface area contributed by atoms with Crippen molar-refractivity contribution in [1.82, 2.24) is 0 Å². The highest BCUT2D eigenvalue weighted by atomic mass is 35.5. The van der Waals surface area contributed by atoms with Crippen molar-refractivity contribution in [2.24, 2.45) is 0 Å². The van der Waals surface area contributed by atoms with Crippen LogP contribution in [-0.2, 0) is 14.6 Å². The highest BCUT2D eigenvalue weighted by Crippen LogP contribution is 2.24. The summed E-state index contributed by atoms with van der Waals surface area (Å²) in [4.78, 5) is 25.4. The van der Waals surface area contributed by atoms with Gasteiger partial charge in [-0.05, 0) is 36.8 Å². The van der Waals surface area contributed by atoms with E-state index in [2.05, 4.69) is 5.32 Å². The molecule has 7 heteroatoms. The van der Waals surface area contributed by atoms with Crippen LogP contribution in [0.3, 0.4) is 0 Å². The highest BCUT2D eigenvalue weighted by molar-refractivity contribution is 7.91. The summed E-state index contributed by atoms with van der Waals surface area (Å²) in [5.74, 6) is -0.774. The maximum atomic E-state index is 12.8. The van der Waals surface area contributed by atoms with Crippen LogP contribution in [0, 0.1) is 0 Å². The Labute approximate surface area is 180 Å². The Morgan fingerprint density at radius 1 is 0.867 bits per heavy atom. The van der Waals surface area contributed by atoms with E-state index < -0.39 is 9.84 Å². The number of hydrogen-bond donors (Lipinski definition) is 1. The Bertz CT molecular complexity index is 1150. The molecule has 3 aromatic carbocycles. The lowest BCUT2D eigenvalue weighted by Gasteiger charge is -2.11. The minimum absolute atomic E-state index is 0.00760. The number of anilines is 1. The normalized spacial score (nSPS) is 11.1. The van der Waals surface area contributed by atoms with E-state index in [0.29, 0.717) is 16.3 Å². The molecule has 0 radical (unpaired) electrons. The molecular weight excluding hydrogens is 422 g/mol. The largest absolute Gasteiger partial charge is 0.325 e. The van der Waals surface area contributed by atoms with Gasteiger partial charge in [-0.25, -0.2) is 8.42 Å². The number of halogens is 1. The first-order chi connectivity index (χ1) is 14.4. The van der Waals surface area contributed by atoms with Gasteiger partial charge in [-0.1, -0.05) is 60.1 Å². The number of amides is 1. The Kier molecular flexibility index (Phi) is 7.03. The SMILES string of the molecule is O=C(CCCS(=O)(=O)c1ccccc1)Nc1ccc(Cl)cc1C(=O)c1ccccc1. The quantitative estimate of drug-likeness (QED) is 0.511. The van der Waals surface area contributed by atoms with Gasteiger partial charge in [0.05, 0.1) is 16.3 Å². The number of carbonyl (C=O) groups excluding carboxylic acids is 2. The Morgan fingerprint density at radius 3 is 2.17 bits per heavy atom. The molecule has 1 N–H and O–H groups in total. The van der Waals surface area contributed by atoms with Crippen molar-refractivity contribution in [3.05, 3.63) is 95.0 Å². The zero-order valence-corrected chi connectivity index (χ0v) is 17.6. The van der Waals surface area contributed by atoms with E-state index >= 15 is 0 Å². The van der Waals surface area contributed by atoms with E-state index in [0.717, 1.165) is 0 Å². The van der Waals surface area contributed by atoms with Gasteiger partial charge in [0.15, 0.2) is 15.6 Å². The number of benzene rings is 3. The second kappa shape index (κ2) is 9.69. The highest BCUT2D eigenvalue weighted by Gasteiger charge is 2.17. The van der Waals surface area contributed by atoms with Gasteiger partial charge in [-0.3, -0.25) is 9.59 Å². The molecule has 1 amide bonds. The second-order valence-corrected chi connectivity index (χ2v) is 9.21. The number of nitrogens with one attached hydrogen (secondary N) is 1. The van der Waals surface area contributed by atoms with E-state index in [1.54, 1.807) is 60.7 Å². The minimum atomic E-state index is -3.44. The van der Waals surface area contributed by atoms with Crippen LogP contribution in [0.2, 0.25) is 5.02 Å². The lowest BCUT2D eigenvalue weighted by atomic mass is 10.0. The van der Waals surface area contributed by atoms with Gasteiger partial charge in [0.25, 0.3) is 0 Å². The van der Waals surface area contributed by atoms with E-state index in [1.807, 2.05) is 0 Å². The fraction of sp³-hybridized carbons (Fsp3) is 0.130. The third kappa shape index (κ3) is 5.55. The zero-order valence-electron chi connectivity index (χ0n) is 16.0.